The van der Waals surface area contributed by atoms with Crippen molar-refractivity contribution in [1.29, 1.82) is 0 Å². The molecule has 0 saturated carbocycles. The molecule has 1 amide bonds. The lowest BCUT2D eigenvalue weighted by atomic mass is 9.95. The Kier molecular flexibility index (Phi) is 7.06. The number of benzene rings is 1. The zero-order chi connectivity index (χ0) is 20.8. The molecule has 29 heavy (non-hydrogen) atoms. The van der Waals surface area contributed by atoms with Gasteiger partial charge in [-0.05, 0) is 35.6 Å². The number of hydrogen-bond acceptors (Lipinski definition) is 6. The third kappa shape index (κ3) is 4.52. The van der Waals surface area contributed by atoms with Crippen LogP contribution >= 0.6 is 11.3 Å². The van der Waals surface area contributed by atoms with E-state index in [2.05, 4.69) is 6.92 Å². The Labute approximate surface area is 174 Å². The Morgan fingerprint density at radius 2 is 2.07 bits per heavy atom. The number of ketones is 1. The second kappa shape index (κ2) is 9.71. The van der Waals surface area contributed by atoms with Gasteiger partial charge in [0.2, 0.25) is 5.78 Å². The van der Waals surface area contributed by atoms with Crippen LogP contribution in [0.1, 0.15) is 41.0 Å². The maximum atomic E-state index is 13.1. The molecule has 1 aromatic carbocycles. The maximum Gasteiger partial charge on any atom is 0.290 e. The first-order chi connectivity index (χ1) is 14.1. The number of amides is 1. The van der Waals surface area contributed by atoms with E-state index in [0.29, 0.717) is 29.4 Å². The zero-order valence-electron chi connectivity index (χ0n) is 16.6. The van der Waals surface area contributed by atoms with Crippen LogP contribution in [0.5, 0.6) is 5.75 Å². The molecular formula is C22H25NO5S. The predicted molar refractivity (Wildman–Crippen MR) is 111 cm³/mol. The molecule has 154 valence electrons. The first-order valence-electron chi connectivity index (χ1n) is 9.62. The largest absolute Gasteiger partial charge is 0.503 e. The van der Waals surface area contributed by atoms with Gasteiger partial charge in [-0.3, -0.25) is 9.59 Å². The summed E-state index contributed by atoms with van der Waals surface area (Å²) in [5.74, 6) is -0.733. The van der Waals surface area contributed by atoms with Gasteiger partial charge in [-0.25, -0.2) is 0 Å². The lowest BCUT2D eigenvalue weighted by molar-refractivity contribution is -0.130. The molecule has 6 nitrogen and oxygen atoms in total. The Hall–Kier alpha value is -2.64. The molecule has 1 aliphatic rings. The highest BCUT2D eigenvalue weighted by Crippen LogP contribution is 2.40. The molecule has 0 fully saturated rings. The minimum absolute atomic E-state index is 0.0965. The van der Waals surface area contributed by atoms with Crippen molar-refractivity contribution in [3.05, 3.63) is 63.6 Å². The van der Waals surface area contributed by atoms with Crippen molar-refractivity contribution in [3.8, 4) is 5.75 Å². The van der Waals surface area contributed by atoms with Crippen molar-refractivity contribution in [1.82, 2.24) is 4.90 Å². The monoisotopic (exact) mass is 415 g/mol. The number of rotatable bonds is 10. The highest BCUT2D eigenvalue weighted by atomic mass is 32.1. The van der Waals surface area contributed by atoms with E-state index in [1.54, 1.807) is 24.6 Å². The van der Waals surface area contributed by atoms with Crippen LogP contribution in [0.2, 0.25) is 0 Å². The molecule has 0 bridgehead atoms. The number of carbonyl (C=O) groups excluding carboxylic acids is 2. The van der Waals surface area contributed by atoms with Crippen molar-refractivity contribution in [2.24, 2.45) is 0 Å². The smallest absolute Gasteiger partial charge is 0.290 e. The number of hydrogen-bond donors (Lipinski definition) is 1. The van der Waals surface area contributed by atoms with Gasteiger partial charge in [0.1, 0.15) is 5.75 Å². The molecule has 1 aliphatic heterocycles. The van der Waals surface area contributed by atoms with E-state index in [9.17, 15) is 14.7 Å². The van der Waals surface area contributed by atoms with Gasteiger partial charge in [-0.2, -0.15) is 0 Å². The first-order valence-corrected chi connectivity index (χ1v) is 10.5. The van der Waals surface area contributed by atoms with Crippen molar-refractivity contribution in [2.45, 2.75) is 25.8 Å². The standard InChI is InChI=1S/C22H25NO5S/c1-3-4-11-28-16-8-5-7-15(14-16)19-18(20(24)17-9-6-13-29-17)21(25)22(26)23(19)10-12-27-2/h5-9,13-14,19,25H,3-4,10-12H2,1-2H3. The van der Waals surface area contributed by atoms with Crippen LogP contribution in [0.3, 0.4) is 0 Å². The van der Waals surface area contributed by atoms with Gasteiger partial charge in [0.05, 0.1) is 29.7 Å². The van der Waals surface area contributed by atoms with Crippen molar-refractivity contribution in [3.63, 3.8) is 0 Å². The van der Waals surface area contributed by atoms with E-state index < -0.39 is 17.7 Å². The van der Waals surface area contributed by atoms with Crippen LogP contribution in [0, 0.1) is 0 Å². The molecule has 0 radical (unpaired) electrons. The molecule has 1 atom stereocenters. The van der Waals surface area contributed by atoms with Crippen molar-refractivity contribution < 1.29 is 24.2 Å². The molecule has 0 spiro atoms. The van der Waals surface area contributed by atoms with Gasteiger partial charge in [-0.15, -0.1) is 11.3 Å². The predicted octanol–water partition coefficient (Wildman–Crippen LogP) is 4.15. The summed E-state index contributed by atoms with van der Waals surface area (Å²) in [6, 6.07) is 10.1. The highest BCUT2D eigenvalue weighted by Gasteiger charge is 2.43. The SMILES string of the molecule is CCCCOc1cccc(C2C(C(=O)c3cccs3)=C(O)C(=O)N2CCOC)c1. The number of carbonyl (C=O) groups is 2. The summed E-state index contributed by atoms with van der Waals surface area (Å²) in [4.78, 5) is 27.8. The van der Waals surface area contributed by atoms with E-state index in [1.807, 2.05) is 24.3 Å². The third-order valence-corrected chi connectivity index (χ3v) is 5.64. The molecule has 3 rings (SSSR count). The Morgan fingerprint density at radius 1 is 1.24 bits per heavy atom. The van der Waals surface area contributed by atoms with Crippen LogP contribution in [-0.4, -0.2) is 48.6 Å². The zero-order valence-corrected chi connectivity index (χ0v) is 17.4. The summed E-state index contributed by atoms with van der Waals surface area (Å²) >= 11 is 1.28. The summed E-state index contributed by atoms with van der Waals surface area (Å²) < 4.78 is 10.9. The minimum atomic E-state index is -0.693. The number of ether oxygens (including phenoxy) is 2. The minimum Gasteiger partial charge on any atom is -0.503 e. The second-order valence-electron chi connectivity index (χ2n) is 6.74. The van der Waals surface area contributed by atoms with Gasteiger partial charge in [0.15, 0.2) is 5.76 Å². The van der Waals surface area contributed by atoms with Crippen LogP contribution in [-0.2, 0) is 9.53 Å². The fourth-order valence-electron chi connectivity index (χ4n) is 3.30. The van der Waals surface area contributed by atoms with E-state index >= 15 is 0 Å². The van der Waals surface area contributed by atoms with Gasteiger partial charge < -0.3 is 19.5 Å². The average Bonchev–Trinajstić information content (AvgIpc) is 3.35. The molecular weight excluding hydrogens is 390 g/mol. The molecule has 2 heterocycles. The van der Waals surface area contributed by atoms with Gasteiger partial charge >= 0.3 is 0 Å². The topological polar surface area (TPSA) is 76.1 Å². The second-order valence-corrected chi connectivity index (χ2v) is 7.68. The fraction of sp³-hybridized carbons (Fsp3) is 0.364. The summed E-state index contributed by atoms with van der Waals surface area (Å²) in [6.07, 6.45) is 1.96. The normalized spacial score (nSPS) is 16.6. The quantitative estimate of drug-likeness (QED) is 0.466. The number of aliphatic hydroxyl groups excluding tert-OH is 1. The van der Waals surface area contributed by atoms with Crippen LogP contribution in [0.4, 0.5) is 0 Å². The molecule has 1 N–H and O–H groups in total. The summed E-state index contributed by atoms with van der Waals surface area (Å²) in [5, 5.41) is 12.4. The number of nitrogens with zero attached hydrogens (tertiary/aromatic N) is 1. The number of aliphatic hydroxyl groups is 1. The van der Waals surface area contributed by atoms with Crippen molar-refractivity contribution >= 4 is 23.0 Å². The van der Waals surface area contributed by atoms with E-state index in [0.717, 1.165) is 12.8 Å². The van der Waals surface area contributed by atoms with Gasteiger partial charge in [0.25, 0.3) is 5.91 Å². The molecule has 2 aromatic rings. The van der Waals surface area contributed by atoms with E-state index in [4.69, 9.17) is 9.47 Å². The van der Waals surface area contributed by atoms with Crippen LogP contribution in [0.25, 0.3) is 0 Å². The lowest BCUT2D eigenvalue weighted by Crippen LogP contribution is -2.34. The molecule has 7 heteroatoms. The molecule has 1 unspecified atom stereocenters. The van der Waals surface area contributed by atoms with Gasteiger partial charge in [0, 0.05) is 13.7 Å². The number of thiophene rings is 1. The highest BCUT2D eigenvalue weighted by molar-refractivity contribution is 7.12. The number of unbranched alkanes of at least 4 members (excludes halogenated alkanes) is 1. The maximum absolute atomic E-state index is 13.1. The average molecular weight is 416 g/mol. The molecule has 0 saturated heterocycles. The van der Waals surface area contributed by atoms with E-state index in [-0.39, 0.29) is 17.9 Å². The summed E-state index contributed by atoms with van der Waals surface area (Å²) in [5.41, 5.74) is 0.812. The Balaban J connectivity index is 1.99. The Bertz CT molecular complexity index is 890. The number of Topliss-reactive ketones (excluding diaryl/α,β-unsaturated/α-hetero) is 1. The molecule has 0 aliphatic carbocycles. The summed E-state index contributed by atoms with van der Waals surface area (Å²) in [6.45, 7) is 3.24. The van der Waals surface area contributed by atoms with Crippen LogP contribution < -0.4 is 4.74 Å². The summed E-state index contributed by atoms with van der Waals surface area (Å²) in [7, 11) is 1.54. The van der Waals surface area contributed by atoms with Crippen molar-refractivity contribution in [2.75, 3.05) is 26.9 Å². The van der Waals surface area contributed by atoms with E-state index in [1.165, 1.54) is 16.2 Å². The first kappa shape index (κ1) is 21.1. The number of methoxy groups -OCH3 is 1. The van der Waals surface area contributed by atoms with Gasteiger partial charge in [-0.1, -0.05) is 31.5 Å². The van der Waals surface area contributed by atoms with Crippen LogP contribution in [0.15, 0.2) is 53.1 Å². The lowest BCUT2D eigenvalue weighted by Gasteiger charge is -2.26. The fourth-order valence-corrected chi connectivity index (χ4v) is 3.98. The third-order valence-electron chi connectivity index (χ3n) is 4.77. The molecule has 1 aromatic heterocycles. The Morgan fingerprint density at radius 3 is 2.76 bits per heavy atom.